The van der Waals surface area contributed by atoms with E-state index < -0.39 is 12.0 Å². The molecule has 0 aliphatic rings. The molecule has 0 aromatic heterocycles. The van der Waals surface area contributed by atoms with E-state index in [1.165, 1.54) is 39.2 Å². The average Bonchev–Trinajstić information content (AvgIpc) is 2.63. The molecule has 1 N–H and O–H groups in total. The van der Waals surface area contributed by atoms with Crippen LogP contribution in [0.3, 0.4) is 0 Å². The van der Waals surface area contributed by atoms with Crippen molar-refractivity contribution >= 4 is 11.6 Å². The maximum Gasteiger partial charge on any atom is 0.168 e. The molecule has 0 bridgehead atoms. The number of carbonyl (C=O) groups excluding carboxylic acids is 2. The minimum absolute atomic E-state index is 0.00252. The van der Waals surface area contributed by atoms with Crippen molar-refractivity contribution in [3.05, 3.63) is 47.5 Å². The summed E-state index contributed by atoms with van der Waals surface area (Å²) < 4.78 is 30.1. The van der Waals surface area contributed by atoms with E-state index in [0.717, 1.165) is 0 Å². The highest BCUT2D eigenvalue weighted by atomic mass is 19.1. The average molecular weight is 376 g/mol. The summed E-state index contributed by atoms with van der Waals surface area (Å²) in [5, 5.41) is 9.75. The van der Waals surface area contributed by atoms with E-state index in [4.69, 9.17) is 14.2 Å². The first-order valence-electron chi connectivity index (χ1n) is 8.25. The second kappa shape index (κ2) is 9.02. The molecule has 0 spiro atoms. The first-order valence-corrected chi connectivity index (χ1v) is 8.25. The van der Waals surface area contributed by atoms with Crippen LogP contribution in [0.4, 0.5) is 4.39 Å². The SMILES string of the molecule is COc1cccc(OCC(F)COc2cccc(O)c2C(C)=O)c1C(C)=O. The molecule has 0 aliphatic heterocycles. The highest BCUT2D eigenvalue weighted by Crippen LogP contribution is 2.30. The molecule has 6 nitrogen and oxygen atoms in total. The van der Waals surface area contributed by atoms with Crippen molar-refractivity contribution in [3.63, 3.8) is 0 Å². The van der Waals surface area contributed by atoms with Crippen LogP contribution in [-0.2, 0) is 0 Å². The van der Waals surface area contributed by atoms with Gasteiger partial charge in [-0.1, -0.05) is 12.1 Å². The van der Waals surface area contributed by atoms with E-state index in [-0.39, 0.29) is 47.4 Å². The largest absolute Gasteiger partial charge is 0.507 e. The zero-order chi connectivity index (χ0) is 20.0. The number of Topliss-reactive ketones (excluding diaryl/α,β-unsaturated/α-hetero) is 2. The molecule has 0 radical (unpaired) electrons. The van der Waals surface area contributed by atoms with Crippen molar-refractivity contribution < 1.29 is 33.3 Å². The smallest absolute Gasteiger partial charge is 0.168 e. The van der Waals surface area contributed by atoms with E-state index in [1.807, 2.05) is 0 Å². The predicted molar refractivity (Wildman–Crippen MR) is 97.0 cm³/mol. The van der Waals surface area contributed by atoms with Gasteiger partial charge in [0.25, 0.3) is 0 Å². The third kappa shape index (κ3) is 4.97. The number of phenolic OH excluding ortho intramolecular Hbond substituents is 1. The minimum atomic E-state index is -1.53. The third-order valence-corrected chi connectivity index (χ3v) is 3.76. The molecule has 27 heavy (non-hydrogen) atoms. The zero-order valence-corrected chi connectivity index (χ0v) is 15.3. The van der Waals surface area contributed by atoms with E-state index in [0.29, 0.717) is 5.75 Å². The van der Waals surface area contributed by atoms with Gasteiger partial charge < -0.3 is 19.3 Å². The van der Waals surface area contributed by atoms with E-state index in [1.54, 1.807) is 18.2 Å². The Kier molecular flexibility index (Phi) is 6.76. The summed E-state index contributed by atoms with van der Waals surface area (Å²) in [7, 11) is 1.43. The van der Waals surface area contributed by atoms with E-state index in [2.05, 4.69) is 0 Å². The molecule has 0 aliphatic carbocycles. The molecule has 0 fully saturated rings. The number of carbonyl (C=O) groups is 2. The highest BCUT2D eigenvalue weighted by Gasteiger charge is 2.18. The van der Waals surface area contributed by atoms with Crippen LogP contribution in [0.15, 0.2) is 36.4 Å². The Bertz CT molecular complexity index is 833. The standard InChI is InChI=1S/C20H21FO6/c1-12(22)19-15(24)6-4-8-17(19)26-10-14(21)11-27-18-9-5-7-16(25-3)20(18)13(2)23/h4-9,14,24H,10-11H2,1-3H3. The number of rotatable bonds is 9. The Hall–Kier alpha value is -3.09. The Morgan fingerprint density at radius 2 is 1.41 bits per heavy atom. The molecule has 2 rings (SSSR count). The lowest BCUT2D eigenvalue weighted by Crippen LogP contribution is -2.22. The van der Waals surface area contributed by atoms with Crippen LogP contribution in [0.25, 0.3) is 0 Å². The molecule has 2 aromatic rings. The fraction of sp³-hybridized carbons (Fsp3) is 0.300. The number of aromatic hydroxyl groups is 1. The van der Waals surface area contributed by atoms with E-state index in [9.17, 15) is 19.1 Å². The van der Waals surface area contributed by atoms with Crippen molar-refractivity contribution in [1.82, 2.24) is 0 Å². The monoisotopic (exact) mass is 376 g/mol. The lowest BCUT2D eigenvalue weighted by atomic mass is 10.1. The molecule has 144 valence electrons. The number of phenols is 1. The van der Waals surface area contributed by atoms with Gasteiger partial charge in [0.05, 0.1) is 7.11 Å². The fourth-order valence-corrected chi connectivity index (χ4v) is 2.55. The van der Waals surface area contributed by atoms with Crippen LogP contribution in [0.5, 0.6) is 23.0 Å². The molecule has 0 saturated carbocycles. The first kappa shape index (κ1) is 20.2. The van der Waals surface area contributed by atoms with E-state index >= 15 is 0 Å². The minimum Gasteiger partial charge on any atom is -0.507 e. The summed E-state index contributed by atoms with van der Waals surface area (Å²) in [6.45, 7) is 1.90. The van der Waals surface area contributed by atoms with Crippen LogP contribution in [-0.4, -0.2) is 43.2 Å². The molecular formula is C20H21FO6. The number of methoxy groups -OCH3 is 1. The van der Waals surface area contributed by atoms with Gasteiger partial charge in [-0.05, 0) is 38.1 Å². The predicted octanol–water partition coefficient (Wildman–Crippen LogP) is 3.60. The number of alkyl halides is 1. The van der Waals surface area contributed by atoms with Gasteiger partial charge in [0.2, 0.25) is 0 Å². The molecule has 1 atom stereocenters. The highest BCUT2D eigenvalue weighted by molar-refractivity contribution is 6.00. The van der Waals surface area contributed by atoms with Crippen LogP contribution < -0.4 is 14.2 Å². The summed E-state index contributed by atoms with van der Waals surface area (Å²) >= 11 is 0. The Morgan fingerprint density at radius 3 is 1.93 bits per heavy atom. The number of hydrogen-bond donors (Lipinski definition) is 1. The molecule has 0 heterocycles. The number of ketones is 2. The van der Waals surface area contributed by atoms with Crippen molar-refractivity contribution in [3.8, 4) is 23.0 Å². The second-order valence-electron chi connectivity index (χ2n) is 5.82. The topological polar surface area (TPSA) is 82.1 Å². The quantitative estimate of drug-likeness (QED) is 0.674. The number of ether oxygens (including phenoxy) is 3. The fourth-order valence-electron chi connectivity index (χ4n) is 2.55. The van der Waals surface area contributed by atoms with Crippen LogP contribution in [0.2, 0.25) is 0 Å². The zero-order valence-electron chi connectivity index (χ0n) is 15.3. The van der Waals surface area contributed by atoms with Crippen LogP contribution >= 0.6 is 0 Å². The Morgan fingerprint density at radius 1 is 0.926 bits per heavy atom. The number of benzene rings is 2. The molecule has 2 aromatic carbocycles. The summed E-state index contributed by atoms with van der Waals surface area (Å²) in [6.07, 6.45) is -1.53. The van der Waals surface area contributed by atoms with Crippen molar-refractivity contribution in [2.45, 2.75) is 20.0 Å². The summed E-state index contributed by atoms with van der Waals surface area (Å²) in [5.41, 5.74) is 0.234. The maximum absolute atomic E-state index is 14.2. The van der Waals surface area contributed by atoms with Gasteiger partial charge in [-0.15, -0.1) is 0 Å². The molecule has 1 unspecified atom stereocenters. The van der Waals surface area contributed by atoms with Gasteiger partial charge >= 0.3 is 0 Å². The Labute approximate surface area is 156 Å². The first-order chi connectivity index (χ1) is 12.8. The van der Waals surface area contributed by atoms with Crippen LogP contribution in [0, 0.1) is 0 Å². The van der Waals surface area contributed by atoms with Crippen LogP contribution in [0.1, 0.15) is 34.6 Å². The lowest BCUT2D eigenvalue weighted by Gasteiger charge is -2.16. The molecular weight excluding hydrogens is 355 g/mol. The van der Waals surface area contributed by atoms with Gasteiger partial charge in [0, 0.05) is 0 Å². The third-order valence-electron chi connectivity index (χ3n) is 3.76. The Balaban J connectivity index is 2.03. The second-order valence-corrected chi connectivity index (χ2v) is 5.82. The van der Waals surface area contributed by atoms with Crippen molar-refractivity contribution in [1.29, 1.82) is 0 Å². The summed E-state index contributed by atoms with van der Waals surface area (Å²) in [4.78, 5) is 23.4. The summed E-state index contributed by atoms with van der Waals surface area (Å²) in [5.74, 6) is -0.230. The number of halogens is 1. The molecule has 7 heteroatoms. The van der Waals surface area contributed by atoms with Crippen molar-refractivity contribution in [2.75, 3.05) is 20.3 Å². The van der Waals surface area contributed by atoms with Gasteiger partial charge in [0.15, 0.2) is 17.7 Å². The maximum atomic E-state index is 14.2. The van der Waals surface area contributed by atoms with Gasteiger partial charge in [-0.25, -0.2) is 4.39 Å². The molecule has 0 amide bonds. The summed E-state index contributed by atoms with van der Waals surface area (Å²) in [6, 6.07) is 9.12. The molecule has 0 saturated heterocycles. The lowest BCUT2D eigenvalue weighted by molar-refractivity contribution is 0.0998. The normalized spacial score (nSPS) is 11.6. The van der Waals surface area contributed by atoms with Gasteiger partial charge in [-0.3, -0.25) is 9.59 Å². The van der Waals surface area contributed by atoms with Gasteiger partial charge in [0.1, 0.15) is 47.3 Å². The van der Waals surface area contributed by atoms with Gasteiger partial charge in [-0.2, -0.15) is 0 Å². The number of hydrogen-bond acceptors (Lipinski definition) is 6. The van der Waals surface area contributed by atoms with Crippen molar-refractivity contribution in [2.24, 2.45) is 0 Å².